The number of benzene rings is 2. The van der Waals surface area contributed by atoms with Gasteiger partial charge in [-0.3, -0.25) is 50.7 Å². The predicted octanol–water partition coefficient (Wildman–Crippen LogP) is 1.48. The number of nitro groups is 2. The normalized spacial score (nSPS) is 9.94. The number of rotatable bonds is 4. The molecular weight excluding hydrogens is 460 g/mol. The third kappa shape index (κ3) is 5.99. The van der Waals surface area contributed by atoms with Crippen molar-refractivity contribution in [2.45, 2.75) is 0 Å². The lowest BCUT2D eigenvalue weighted by Crippen LogP contribution is -2.53. The molecule has 32 heavy (non-hydrogen) atoms. The highest BCUT2D eigenvalue weighted by molar-refractivity contribution is 7.80. The smallest absolute Gasteiger partial charge is 0.277 e. The number of hydrazine groups is 2. The van der Waals surface area contributed by atoms with Crippen molar-refractivity contribution in [1.29, 1.82) is 0 Å². The molecule has 2 aromatic rings. The number of nitro benzene ring substituents is 2. The molecule has 14 heteroatoms. The van der Waals surface area contributed by atoms with Crippen LogP contribution in [0.5, 0.6) is 0 Å². The van der Waals surface area contributed by atoms with Gasteiger partial charge in [0.1, 0.15) is 9.98 Å². The summed E-state index contributed by atoms with van der Waals surface area (Å²) in [6.07, 6.45) is 0. The maximum absolute atomic E-state index is 12.2. The highest BCUT2D eigenvalue weighted by Crippen LogP contribution is 2.14. The van der Waals surface area contributed by atoms with E-state index >= 15 is 0 Å². The molecule has 0 atom stereocenters. The van der Waals surface area contributed by atoms with E-state index in [9.17, 15) is 29.8 Å². The van der Waals surface area contributed by atoms with Crippen LogP contribution in [0.1, 0.15) is 11.1 Å². The number of hydrogen-bond acceptors (Lipinski definition) is 8. The summed E-state index contributed by atoms with van der Waals surface area (Å²) in [7, 11) is 2.81. The summed E-state index contributed by atoms with van der Waals surface area (Å²) in [5, 5.41) is 23.7. The van der Waals surface area contributed by atoms with Gasteiger partial charge in [0.2, 0.25) is 0 Å². The summed E-state index contributed by atoms with van der Waals surface area (Å²) in [5.74, 6) is -2.09. The fraction of sp³-hybridized carbons (Fsp3) is 0.111. The van der Waals surface area contributed by atoms with Crippen molar-refractivity contribution in [3.05, 3.63) is 79.9 Å². The Morgan fingerprint density at radius 1 is 0.719 bits per heavy atom. The number of non-ortho nitro benzene ring substituents is 2. The fourth-order valence-electron chi connectivity index (χ4n) is 2.35. The molecule has 0 saturated carbocycles. The monoisotopic (exact) mass is 476 g/mol. The van der Waals surface area contributed by atoms with Crippen molar-refractivity contribution in [1.82, 2.24) is 20.9 Å². The molecule has 2 amide bonds. The van der Waals surface area contributed by atoms with Crippen LogP contribution in [0.4, 0.5) is 11.4 Å². The quantitative estimate of drug-likeness (QED) is 0.287. The molecule has 2 rings (SSSR count). The van der Waals surface area contributed by atoms with Gasteiger partial charge in [0.15, 0.2) is 0 Å². The molecule has 166 valence electrons. The first-order valence-electron chi connectivity index (χ1n) is 8.68. The van der Waals surface area contributed by atoms with Crippen LogP contribution in [0.25, 0.3) is 0 Å². The summed E-state index contributed by atoms with van der Waals surface area (Å²) in [5.41, 5.74) is 5.17. The molecule has 0 aliphatic heterocycles. The maximum atomic E-state index is 12.2. The largest absolute Gasteiger partial charge is 0.329 e. The third-order valence-corrected chi connectivity index (χ3v) is 5.02. The minimum absolute atomic E-state index is 0.116. The second-order valence-corrected chi connectivity index (χ2v) is 6.99. The van der Waals surface area contributed by atoms with E-state index in [1.807, 2.05) is 0 Å². The van der Waals surface area contributed by atoms with Gasteiger partial charge in [-0.1, -0.05) is 24.4 Å². The predicted molar refractivity (Wildman–Crippen MR) is 121 cm³/mol. The molecule has 0 aliphatic rings. The molecule has 0 heterocycles. The Morgan fingerprint density at radius 2 is 1.00 bits per heavy atom. The number of hydrogen-bond donors (Lipinski definition) is 2. The van der Waals surface area contributed by atoms with Crippen LogP contribution in [0.2, 0.25) is 0 Å². The second kappa shape index (κ2) is 10.3. The fourth-order valence-corrected chi connectivity index (χ4v) is 2.71. The lowest BCUT2D eigenvalue weighted by Gasteiger charge is -2.23. The number of thiocarbonyl (C=S) groups is 2. The van der Waals surface area contributed by atoms with Gasteiger partial charge in [-0.25, -0.2) is 0 Å². The Hall–Kier alpha value is -4.04. The second-order valence-electron chi connectivity index (χ2n) is 6.22. The van der Waals surface area contributed by atoms with E-state index in [4.69, 9.17) is 24.4 Å². The van der Waals surface area contributed by atoms with Gasteiger partial charge in [-0.2, -0.15) is 0 Å². The van der Waals surface area contributed by atoms with Gasteiger partial charge in [-0.05, 0) is 24.3 Å². The summed E-state index contributed by atoms with van der Waals surface area (Å²) < 4.78 is 0. The Labute approximate surface area is 192 Å². The Bertz CT molecular complexity index is 1000. The third-order valence-electron chi connectivity index (χ3n) is 4.00. The molecule has 0 aromatic heterocycles. The summed E-state index contributed by atoms with van der Waals surface area (Å²) in [6.45, 7) is 0. The van der Waals surface area contributed by atoms with Crippen molar-refractivity contribution in [2.24, 2.45) is 0 Å². The van der Waals surface area contributed by atoms with Gasteiger partial charge in [0.25, 0.3) is 11.4 Å². The first-order valence-corrected chi connectivity index (χ1v) is 9.49. The zero-order valence-electron chi connectivity index (χ0n) is 16.7. The van der Waals surface area contributed by atoms with E-state index in [2.05, 4.69) is 10.9 Å². The number of nitrogens with zero attached hydrogens (tertiary/aromatic N) is 4. The topological polar surface area (TPSA) is 151 Å². The van der Waals surface area contributed by atoms with Gasteiger partial charge in [0.05, 0.1) is 9.85 Å². The van der Waals surface area contributed by atoms with Crippen LogP contribution in [0.15, 0.2) is 48.5 Å². The minimum Gasteiger partial charge on any atom is -0.277 e. The Morgan fingerprint density at radius 3 is 1.25 bits per heavy atom. The van der Waals surface area contributed by atoms with Crippen molar-refractivity contribution >= 4 is 57.6 Å². The van der Waals surface area contributed by atoms with E-state index in [0.717, 1.165) is 10.0 Å². The van der Waals surface area contributed by atoms with Crippen LogP contribution in [0.3, 0.4) is 0 Å². The number of carbonyl (C=O) groups excluding carboxylic acids is 2. The lowest BCUT2D eigenvalue weighted by atomic mass is 10.2. The number of amides is 2. The van der Waals surface area contributed by atoms with Crippen LogP contribution >= 0.6 is 24.4 Å². The number of nitrogens with one attached hydrogen (secondary N) is 2. The molecule has 0 spiro atoms. The van der Waals surface area contributed by atoms with Crippen molar-refractivity contribution in [3.8, 4) is 0 Å². The Balaban J connectivity index is 1.95. The van der Waals surface area contributed by atoms with Crippen molar-refractivity contribution in [2.75, 3.05) is 14.1 Å². The van der Waals surface area contributed by atoms with Gasteiger partial charge in [-0.15, -0.1) is 0 Å². The van der Waals surface area contributed by atoms with Crippen molar-refractivity contribution < 1.29 is 19.4 Å². The highest BCUT2D eigenvalue weighted by Gasteiger charge is 2.20. The summed E-state index contributed by atoms with van der Waals surface area (Å²) >= 11 is 10.4. The van der Waals surface area contributed by atoms with Crippen LogP contribution in [-0.2, 0) is 9.59 Å². The average molecular weight is 476 g/mol. The van der Waals surface area contributed by atoms with Crippen molar-refractivity contribution in [3.63, 3.8) is 0 Å². The van der Waals surface area contributed by atoms with E-state index in [1.54, 1.807) is 0 Å². The van der Waals surface area contributed by atoms with E-state index in [0.29, 0.717) is 11.1 Å². The lowest BCUT2D eigenvalue weighted by molar-refractivity contribution is -0.385. The number of carbonyl (C=O) groups is 2. The molecular formula is C18H16N6O6S2. The molecule has 2 N–H and O–H groups in total. The maximum Gasteiger partial charge on any atom is 0.329 e. The molecule has 0 radical (unpaired) electrons. The molecule has 0 fully saturated rings. The van der Waals surface area contributed by atoms with Crippen LogP contribution < -0.4 is 10.9 Å². The first-order chi connectivity index (χ1) is 15.0. The zero-order chi connectivity index (χ0) is 24.0. The molecule has 0 bridgehead atoms. The highest BCUT2D eigenvalue weighted by atomic mass is 32.1. The average Bonchev–Trinajstić information content (AvgIpc) is 2.77. The molecule has 0 aliphatic carbocycles. The van der Waals surface area contributed by atoms with Gasteiger partial charge >= 0.3 is 11.8 Å². The first kappa shape index (κ1) is 24.2. The Kier molecular flexibility index (Phi) is 7.81. The zero-order valence-corrected chi connectivity index (χ0v) is 18.3. The van der Waals surface area contributed by atoms with E-state index < -0.39 is 21.7 Å². The van der Waals surface area contributed by atoms with E-state index in [-0.39, 0.29) is 21.4 Å². The van der Waals surface area contributed by atoms with Crippen LogP contribution in [-0.4, -0.2) is 55.8 Å². The molecule has 2 aromatic carbocycles. The SMILES string of the molecule is CN(NC(=O)C(=O)NN(C)C(=S)c1ccc([N+](=O)[O-])cc1)C(=S)c1ccc([N+](=O)[O-])cc1. The molecule has 0 unspecified atom stereocenters. The van der Waals surface area contributed by atoms with Gasteiger partial charge < -0.3 is 0 Å². The summed E-state index contributed by atoms with van der Waals surface area (Å²) in [4.78, 5) is 45.0. The molecule has 0 saturated heterocycles. The van der Waals surface area contributed by atoms with E-state index in [1.165, 1.54) is 62.6 Å². The summed E-state index contributed by atoms with van der Waals surface area (Å²) in [6, 6.07) is 10.7. The molecule has 12 nitrogen and oxygen atoms in total. The van der Waals surface area contributed by atoms with Crippen LogP contribution in [0, 0.1) is 20.2 Å². The van der Waals surface area contributed by atoms with Gasteiger partial charge in [0, 0.05) is 49.5 Å². The minimum atomic E-state index is -1.05. The standard InChI is InChI=1S/C18H16N6O6S2/c1-21(17(31)11-3-7-13(8-4-11)23(27)28)19-15(25)16(26)20-22(2)18(32)12-5-9-14(10-6-12)24(29)30/h3-10H,1-2H3,(H,19,25)(H,20,26).